The zero-order valence-electron chi connectivity index (χ0n) is 12.0. The SMILES string of the molecule is CC1CC1CN(C)CCC(=O)Nc1ccc(Cl)cc1N. The van der Waals surface area contributed by atoms with Crippen molar-refractivity contribution in [3.63, 3.8) is 0 Å². The molecule has 0 spiro atoms. The zero-order chi connectivity index (χ0) is 14.7. The Balaban J connectivity index is 1.74. The average molecular weight is 296 g/mol. The Bertz CT molecular complexity index is 492. The van der Waals surface area contributed by atoms with Crippen LogP contribution in [0.15, 0.2) is 18.2 Å². The van der Waals surface area contributed by atoms with E-state index in [1.165, 1.54) is 6.42 Å². The van der Waals surface area contributed by atoms with Gasteiger partial charge in [0.1, 0.15) is 0 Å². The molecule has 110 valence electrons. The number of carbonyl (C=O) groups is 1. The van der Waals surface area contributed by atoms with Crippen molar-refractivity contribution in [1.82, 2.24) is 4.90 Å². The number of anilines is 2. The molecule has 0 aromatic heterocycles. The number of rotatable bonds is 6. The van der Waals surface area contributed by atoms with Crippen LogP contribution in [-0.4, -0.2) is 30.9 Å². The summed E-state index contributed by atoms with van der Waals surface area (Å²) in [6, 6.07) is 5.08. The summed E-state index contributed by atoms with van der Waals surface area (Å²) in [4.78, 5) is 14.1. The van der Waals surface area contributed by atoms with Gasteiger partial charge in [0.25, 0.3) is 0 Å². The van der Waals surface area contributed by atoms with Crippen LogP contribution in [0.1, 0.15) is 19.8 Å². The van der Waals surface area contributed by atoms with Gasteiger partial charge >= 0.3 is 0 Å². The van der Waals surface area contributed by atoms with Gasteiger partial charge in [0.15, 0.2) is 0 Å². The molecule has 4 nitrogen and oxygen atoms in total. The molecule has 3 N–H and O–H groups in total. The second-order valence-electron chi connectivity index (χ2n) is 5.77. The lowest BCUT2D eigenvalue weighted by Crippen LogP contribution is -2.26. The first-order valence-corrected chi connectivity index (χ1v) is 7.37. The summed E-state index contributed by atoms with van der Waals surface area (Å²) >= 11 is 5.82. The molecule has 2 rings (SSSR count). The molecule has 5 heteroatoms. The molecular formula is C15H22ClN3O. The lowest BCUT2D eigenvalue weighted by Gasteiger charge is -2.16. The number of nitrogens with one attached hydrogen (secondary N) is 1. The summed E-state index contributed by atoms with van der Waals surface area (Å²) in [5.41, 5.74) is 6.92. The number of halogens is 1. The van der Waals surface area contributed by atoms with Crippen LogP contribution in [0, 0.1) is 11.8 Å². The minimum Gasteiger partial charge on any atom is -0.397 e. The van der Waals surface area contributed by atoms with Gasteiger partial charge in [-0.05, 0) is 43.5 Å². The average Bonchev–Trinajstić information content (AvgIpc) is 3.06. The maximum absolute atomic E-state index is 11.9. The van der Waals surface area contributed by atoms with E-state index < -0.39 is 0 Å². The third kappa shape index (κ3) is 4.39. The first-order valence-electron chi connectivity index (χ1n) is 6.99. The first-order chi connectivity index (χ1) is 9.45. The number of nitrogen functional groups attached to an aromatic ring is 1. The van der Waals surface area contributed by atoms with Crippen LogP contribution in [0.2, 0.25) is 5.02 Å². The van der Waals surface area contributed by atoms with Crippen LogP contribution in [0.5, 0.6) is 0 Å². The second-order valence-corrected chi connectivity index (χ2v) is 6.20. The molecule has 0 saturated heterocycles. The van der Waals surface area contributed by atoms with Crippen LogP contribution in [-0.2, 0) is 4.79 Å². The van der Waals surface area contributed by atoms with Crippen molar-refractivity contribution < 1.29 is 4.79 Å². The quantitative estimate of drug-likeness (QED) is 0.794. The van der Waals surface area contributed by atoms with E-state index in [-0.39, 0.29) is 5.91 Å². The van der Waals surface area contributed by atoms with E-state index in [0.29, 0.717) is 22.8 Å². The standard InChI is InChI=1S/C15H22ClN3O/c1-10-7-11(10)9-19(2)6-5-15(20)18-14-4-3-12(16)8-13(14)17/h3-4,8,10-11H,5-7,9,17H2,1-2H3,(H,18,20). The Morgan fingerprint density at radius 2 is 2.25 bits per heavy atom. The number of nitrogens with two attached hydrogens (primary N) is 1. The Labute approximate surface area is 125 Å². The van der Waals surface area contributed by atoms with E-state index >= 15 is 0 Å². The van der Waals surface area contributed by atoms with Crippen molar-refractivity contribution in [2.24, 2.45) is 11.8 Å². The second kappa shape index (κ2) is 6.46. The molecule has 0 aliphatic heterocycles. The van der Waals surface area contributed by atoms with Gasteiger partial charge < -0.3 is 16.0 Å². The summed E-state index contributed by atoms with van der Waals surface area (Å²) in [7, 11) is 2.06. The summed E-state index contributed by atoms with van der Waals surface area (Å²) in [6.45, 7) is 4.12. The maximum atomic E-state index is 11.9. The maximum Gasteiger partial charge on any atom is 0.225 e. The number of nitrogens with zero attached hydrogens (tertiary/aromatic N) is 1. The van der Waals surface area contributed by atoms with Gasteiger partial charge in [0.05, 0.1) is 11.4 Å². The Morgan fingerprint density at radius 3 is 2.85 bits per heavy atom. The molecule has 0 radical (unpaired) electrons. The van der Waals surface area contributed by atoms with Crippen molar-refractivity contribution in [2.45, 2.75) is 19.8 Å². The fourth-order valence-corrected chi connectivity index (χ4v) is 2.48. The van der Waals surface area contributed by atoms with Crippen LogP contribution in [0.4, 0.5) is 11.4 Å². The fraction of sp³-hybridized carbons (Fsp3) is 0.533. The lowest BCUT2D eigenvalue weighted by molar-refractivity contribution is -0.116. The summed E-state index contributed by atoms with van der Waals surface area (Å²) < 4.78 is 0. The van der Waals surface area contributed by atoms with Gasteiger partial charge in [-0.3, -0.25) is 4.79 Å². The number of hydrogen-bond acceptors (Lipinski definition) is 3. The summed E-state index contributed by atoms with van der Waals surface area (Å²) in [5, 5.41) is 3.39. The Morgan fingerprint density at radius 1 is 1.55 bits per heavy atom. The molecule has 0 heterocycles. The number of hydrogen-bond donors (Lipinski definition) is 2. The van der Waals surface area contributed by atoms with Crippen molar-refractivity contribution in [2.75, 3.05) is 31.2 Å². The highest BCUT2D eigenvalue weighted by Gasteiger charge is 2.32. The zero-order valence-corrected chi connectivity index (χ0v) is 12.8. The minimum atomic E-state index is -0.0188. The van der Waals surface area contributed by atoms with Crippen molar-refractivity contribution in [3.05, 3.63) is 23.2 Å². The minimum absolute atomic E-state index is 0.0188. The molecule has 1 aromatic carbocycles. The molecule has 2 unspecified atom stereocenters. The van der Waals surface area contributed by atoms with Gasteiger partial charge in [0.2, 0.25) is 5.91 Å². The predicted molar refractivity (Wildman–Crippen MR) is 83.9 cm³/mol. The highest BCUT2D eigenvalue weighted by atomic mass is 35.5. The van der Waals surface area contributed by atoms with Gasteiger partial charge in [0, 0.05) is 24.5 Å². The van der Waals surface area contributed by atoms with Crippen LogP contribution >= 0.6 is 11.6 Å². The largest absolute Gasteiger partial charge is 0.397 e. The monoisotopic (exact) mass is 295 g/mol. The predicted octanol–water partition coefficient (Wildman–Crippen LogP) is 2.84. The van der Waals surface area contributed by atoms with Crippen LogP contribution in [0.25, 0.3) is 0 Å². The highest BCUT2D eigenvalue weighted by Crippen LogP contribution is 2.37. The molecular weight excluding hydrogens is 274 g/mol. The normalized spacial score (nSPS) is 21.0. The lowest BCUT2D eigenvalue weighted by atomic mass is 10.2. The van der Waals surface area contributed by atoms with Gasteiger partial charge in [-0.2, -0.15) is 0 Å². The van der Waals surface area contributed by atoms with Gasteiger partial charge in [-0.15, -0.1) is 0 Å². The third-order valence-corrected chi connectivity index (χ3v) is 4.07. The number of carbonyl (C=O) groups excluding carboxylic acids is 1. The topological polar surface area (TPSA) is 58.4 Å². The van der Waals surface area contributed by atoms with E-state index in [9.17, 15) is 4.79 Å². The molecule has 1 saturated carbocycles. The van der Waals surface area contributed by atoms with E-state index in [1.807, 2.05) is 0 Å². The van der Waals surface area contributed by atoms with E-state index in [2.05, 4.69) is 24.2 Å². The molecule has 1 amide bonds. The summed E-state index contributed by atoms with van der Waals surface area (Å²) in [5.74, 6) is 1.64. The van der Waals surface area contributed by atoms with Gasteiger partial charge in [-0.25, -0.2) is 0 Å². The number of benzene rings is 1. The van der Waals surface area contributed by atoms with Crippen LogP contribution in [0.3, 0.4) is 0 Å². The Hall–Kier alpha value is -1.26. The van der Waals surface area contributed by atoms with Crippen molar-refractivity contribution in [1.29, 1.82) is 0 Å². The highest BCUT2D eigenvalue weighted by molar-refractivity contribution is 6.31. The Kier molecular flexibility index (Phi) is 4.89. The van der Waals surface area contributed by atoms with E-state index in [1.54, 1.807) is 18.2 Å². The smallest absolute Gasteiger partial charge is 0.225 e. The third-order valence-electron chi connectivity index (χ3n) is 3.83. The van der Waals surface area contributed by atoms with E-state index in [4.69, 9.17) is 17.3 Å². The number of amides is 1. The fourth-order valence-electron chi connectivity index (χ4n) is 2.30. The van der Waals surface area contributed by atoms with Crippen molar-refractivity contribution >= 4 is 28.9 Å². The molecule has 1 aliphatic rings. The van der Waals surface area contributed by atoms with Crippen molar-refractivity contribution in [3.8, 4) is 0 Å². The van der Waals surface area contributed by atoms with E-state index in [0.717, 1.165) is 24.9 Å². The molecule has 2 atom stereocenters. The molecule has 1 fully saturated rings. The molecule has 1 aromatic rings. The first kappa shape index (κ1) is 15.1. The van der Waals surface area contributed by atoms with Gasteiger partial charge in [-0.1, -0.05) is 18.5 Å². The molecule has 1 aliphatic carbocycles. The summed E-state index contributed by atoms with van der Waals surface area (Å²) in [6.07, 6.45) is 1.79. The van der Waals surface area contributed by atoms with Crippen LogP contribution < -0.4 is 11.1 Å². The molecule has 0 bridgehead atoms. The molecule has 20 heavy (non-hydrogen) atoms.